The molecule has 1 heterocycles. The van der Waals surface area contributed by atoms with Crippen molar-refractivity contribution in [3.63, 3.8) is 0 Å². The Morgan fingerprint density at radius 3 is 2.33 bits per heavy atom. The van der Waals surface area contributed by atoms with E-state index in [9.17, 15) is 14.4 Å². The maximum atomic E-state index is 13.2. The van der Waals surface area contributed by atoms with Gasteiger partial charge in [-0.1, -0.05) is 55.0 Å². The van der Waals surface area contributed by atoms with E-state index in [1.165, 1.54) is 26.4 Å². The van der Waals surface area contributed by atoms with Crippen LogP contribution in [0, 0.1) is 18.3 Å². The molecule has 0 amide bonds. The first-order valence-corrected chi connectivity index (χ1v) is 13.7. The number of Topliss-reactive ketones (excluding diaryl/α,β-unsaturated/α-hetero) is 2. The van der Waals surface area contributed by atoms with Gasteiger partial charge in [-0.3, -0.25) is 14.4 Å². The highest BCUT2D eigenvalue weighted by Crippen LogP contribution is 2.66. The monoisotopic (exact) mass is 520 g/mol. The molecule has 0 aliphatic heterocycles. The zero-order valence-electron chi connectivity index (χ0n) is 22.6. The van der Waals surface area contributed by atoms with Crippen LogP contribution >= 0.6 is 0 Å². The molecule has 5 heteroatoms. The van der Waals surface area contributed by atoms with Gasteiger partial charge in [-0.2, -0.15) is 0 Å². The molecule has 0 atom stereocenters. The Morgan fingerprint density at radius 2 is 1.69 bits per heavy atom. The van der Waals surface area contributed by atoms with E-state index in [-0.39, 0.29) is 29.4 Å². The maximum Gasteiger partial charge on any atom is 0.310 e. The second kappa shape index (κ2) is 9.64. The first kappa shape index (κ1) is 25.3. The molecule has 0 unspecified atom stereocenters. The van der Waals surface area contributed by atoms with Crippen LogP contribution < -0.4 is 0 Å². The Morgan fingerprint density at radius 1 is 0.949 bits per heavy atom. The lowest BCUT2D eigenvalue weighted by atomic mass is 9.43. The molecular formula is C34H32O5. The molecule has 0 saturated heterocycles. The van der Waals surface area contributed by atoms with Crippen molar-refractivity contribution in [2.75, 3.05) is 7.11 Å². The number of ether oxygens (including phenoxy) is 1. The molecule has 3 fully saturated rings. The van der Waals surface area contributed by atoms with Crippen molar-refractivity contribution in [2.45, 2.75) is 52.4 Å². The lowest BCUT2D eigenvalue weighted by Gasteiger charge is -2.62. The minimum absolute atomic E-state index is 0.0153. The summed E-state index contributed by atoms with van der Waals surface area (Å²) in [7, 11) is 1.37. The molecule has 7 rings (SSSR count). The van der Waals surface area contributed by atoms with Crippen LogP contribution in [0.4, 0.5) is 0 Å². The standard InChI is InChI=1S/C34H32O5/c1-4-28(35)32-27-15-26(23-6-5-7-24(12-23)29(36)19-34-16-21(17-34)18-34)25(14-31(37)38-3)13-30(27)39-33(32)22-10-8-20(2)9-11-22/h5-13,15,21H,4,14,16-19H2,1-3H3. The van der Waals surface area contributed by atoms with Crippen LogP contribution in [-0.4, -0.2) is 24.6 Å². The molecule has 1 aromatic heterocycles. The Bertz CT molecular complexity index is 1600. The summed E-state index contributed by atoms with van der Waals surface area (Å²) in [6, 6.07) is 19.3. The topological polar surface area (TPSA) is 73.6 Å². The number of ketones is 2. The van der Waals surface area contributed by atoms with Gasteiger partial charge in [0.1, 0.15) is 11.3 Å². The molecule has 0 spiro atoms. The normalized spacial score (nSPS) is 19.3. The van der Waals surface area contributed by atoms with Crippen LogP contribution in [0.5, 0.6) is 0 Å². The minimum atomic E-state index is -0.373. The van der Waals surface area contributed by atoms with Gasteiger partial charge in [-0.15, -0.1) is 0 Å². The largest absolute Gasteiger partial charge is 0.469 e. The number of benzene rings is 3. The minimum Gasteiger partial charge on any atom is -0.469 e. The third-order valence-electron chi connectivity index (χ3n) is 8.59. The van der Waals surface area contributed by atoms with Gasteiger partial charge in [0.15, 0.2) is 11.6 Å². The molecule has 198 valence electrons. The SMILES string of the molecule is CCC(=O)c1c(-c2ccc(C)cc2)oc2cc(CC(=O)OC)c(-c3cccc(C(=O)CC45CC(C4)C5)c3)cc12. The van der Waals surface area contributed by atoms with E-state index in [0.717, 1.165) is 33.7 Å². The Hall–Kier alpha value is -3.99. The lowest BCUT2D eigenvalue weighted by molar-refractivity contribution is -0.139. The molecular weight excluding hydrogens is 488 g/mol. The predicted octanol–water partition coefficient (Wildman–Crippen LogP) is 7.76. The second-order valence-corrected chi connectivity index (χ2v) is 11.4. The molecule has 5 nitrogen and oxygen atoms in total. The maximum absolute atomic E-state index is 13.2. The van der Waals surface area contributed by atoms with E-state index >= 15 is 0 Å². The van der Waals surface area contributed by atoms with Gasteiger partial charge < -0.3 is 9.15 Å². The molecule has 2 bridgehead atoms. The molecule has 4 aromatic rings. The van der Waals surface area contributed by atoms with Crippen molar-refractivity contribution in [3.8, 4) is 22.5 Å². The Kier molecular flexibility index (Phi) is 6.25. The van der Waals surface area contributed by atoms with E-state index in [1.807, 2.05) is 74.5 Å². The van der Waals surface area contributed by atoms with Crippen LogP contribution in [0.3, 0.4) is 0 Å². The summed E-state index contributed by atoms with van der Waals surface area (Å²) >= 11 is 0. The van der Waals surface area contributed by atoms with Crippen LogP contribution in [-0.2, 0) is 16.0 Å². The van der Waals surface area contributed by atoms with Gasteiger partial charge in [0.2, 0.25) is 0 Å². The fraction of sp³-hybridized carbons (Fsp3) is 0.324. The molecule has 3 saturated carbocycles. The van der Waals surface area contributed by atoms with Gasteiger partial charge in [-0.05, 0) is 72.4 Å². The van der Waals surface area contributed by atoms with Crippen molar-refractivity contribution < 1.29 is 23.5 Å². The summed E-state index contributed by atoms with van der Waals surface area (Å²) < 4.78 is 11.3. The second-order valence-electron chi connectivity index (χ2n) is 11.4. The van der Waals surface area contributed by atoms with Crippen LogP contribution in [0.25, 0.3) is 33.4 Å². The Labute approximate surface area is 228 Å². The van der Waals surface area contributed by atoms with E-state index in [4.69, 9.17) is 9.15 Å². The lowest BCUT2D eigenvalue weighted by Crippen LogP contribution is -2.52. The number of rotatable bonds is 9. The highest BCUT2D eigenvalue weighted by molar-refractivity contribution is 6.13. The number of carbonyl (C=O) groups is 3. The molecule has 39 heavy (non-hydrogen) atoms. The van der Waals surface area contributed by atoms with Crippen molar-refractivity contribution in [1.82, 2.24) is 0 Å². The number of furan rings is 1. The van der Waals surface area contributed by atoms with Gasteiger partial charge in [0.05, 0.1) is 19.1 Å². The van der Waals surface area contributed by atoms with Gasteiger partial charge >= 0.3 is 5.97 Å². The zero-order chi connectivity index (χ0) is 27.3. The first-order valence-electron chi connectivity index (χ1n) is 13.7. The third kappa shape index (κ3) is 4.50. The summed E-state index contributed by atoms with van der Waals surface area (Å²) in [5, 5.41) is 0.701. The number of hydrogen-bond donors (Lipinski definition) is 0. The van der Waals surface area contributed by atoms with Crippen molar-refractivity contribution in [2.24, 2.45) is 11.3 Å². The average Bonchev–Trinajstić information content (AvgIpc) is 3.27. The van der Waals surface area contributed by atoms with Gasteiger partial charge in [0, 0.05) is 29.4 Å². The molecule has 3 aliphatic carbocycles. The third-order valence-corrected chi connectivity index (χ3v) is 8.59. The summed E-state index contributed by atoms with van der Waals surface area (Å²) in [6.45, 7) is 3.85. The molecule has 0 N–H and O–H groups in total. The van der Waals surface area contributed by atoms with Crippen LogP contribution in [0.2, 0.25) is 0 Å². The quantitative estimate of drug-likeness (QED) is 0.167. The molecule has 3 aromatic carbocycles. The number of fused-ring (bicyclic) bond motifs is 1. The van der Waals surface area contributed by atoms with Crippen LogP contribution in [0.15, 0.2) is 65.1 Å². The van der Waals surface area contributed by atoms with Crippen molar-refractivity contribution in [3.05, 3.63) is 82.9 Å². The highest BCUT2D eigenvalue weighted by atomic mass is 16.5. The van der Waals surface area contributed by atoms with Crippen molar-refractivity contribution in [1.29, 1.82) is 0 Å². The summed E-state index contributed by atoms with van der Waals surface area (Å²) in [5.74, 6) is 1.13. The summed E-state index contributed by atoms with van der Waals surface area (Å²) in [6.07, 6.45) is 4.50. The number of esters is 1. The summed E-state index contributed by atoms with van der Waals surface area (Å²) in [4.78, 5) is 38.9. The van der Waals surface area contributed by atoms with Crippen molar-refractivity contribution >= 4 is 28.5 Å². The van der Waals surface area contributed by atoms with Gasteiger partial charge in [0.25, 0.3) is 0 Å². The van der Waals surface area contributed by atoms with E-state index in [0.29, 0.717) is 40.7 Å². The fourth-order valence-corrected chi connectivity index (χ4v) is 6.37. The van der Waals surface area contributed by atoms with Gasteiger partial charge in [-0.25, -0.2) is 0 Å². The average molecular weight is 521 g/mol. The highest BCUT2D eigenvalue weighted by Gasteiger charge is 2.56. The van der Waals surface area contributed by atoms with Crippen LogP contribution in [0.1, 0.15) is 70.9 Å². The number of carbonyl (C=O) groups excluding carboxylic acids is 3. The van der Waals surface area contributed by atoms with E-state index < -0.39 is 0 Å². The predicted molar refractivity (Wildman–Crippen MR) is 151 cm³/mol. The first-order chi connectivity index (χ1) is 18.8. The Balaban J connectivity index is 1.49. The van der Waals surface area contributed by atoms with E-state index in [1.54, 1.807) is 0 Å². The molecule has 0 radical (unpaired) electrons. The number of methoxy groups -OCH3 is 1. The number of aryl methyl sites for hydroxylation is 1. The summed E-state index contributed by atoms with van der Waals surface area (Å²) in [5.41, 5.74) is 6.26. The number of hydrogen-bond acceptors (Lipinski definition) is 5. The van der Waals surface area contributed by atoms with E-state index in [2.05, 4.69) is 0 Å². The fourth-order valence-electron chi connectivity index (χ4n) is 6.37. The molecule has 3 aliphatic rings. The zero-order valence-corrected chi connectivity index (χ0v) is 22.6. The smallest absolute Gasteiger partial charge is 0.310 e.